The van der Waals surface area contributed by atoms with Gasteiger partial charge in [0.15, 0.2) is 5.78 Å². The van der Waals surface area contributed by atoms with E-state index in [1.807, 2.05) is 32.9 Å². The minimum Gasteiger partial charge on any atom is -0.464 e. The summed E-state index contributed by atoms with van der Waals surface area (Å²) >= 11 is 0. The molecule has 1 unspecified atom stereocenters. The lowest BCUT2D eigenvalue weighted by Gasteiger charge is -2.29. The average Bonchev–Trinajstić information content (AvgIpc) is 3.01. The molecule has 0 bridgehead atoms. The number of hydrogen-bond donors (Lipinski definition) is 0. The van der Waals surface area contributed by atoms with E-state index in [1.54, 1.807) is 35.4 Å². The van der Waals surface area contributed by atoms with Crippen LogP contribution in [-0.2, 0) is 11.3 Å². The van der Waals surface area contributed by atoms with E-state index >= 15 is 0 Å². The molecule has 1 aromatic heterocycles. The van der Waals surface area contributed by atoms with Gasteiger partial charge in [-0.3, -0.25) is 9.59 Å². The highest BCUT2D eigenvalue weighted by atomic mass is 16.5. The standard InChI is InChI=1S/C26H36N2O4/c1-9-27-19(6)22(18(5)23(27)26(31)32-8)24(29)20(7)28(15-14-16(2)3)25(30)21-12-10-17(4)11-13-21/h10-13,16,20H,9,14-15H2,1-8H3. The van der Waals surface area contributed by atoms with Crippen LogP contribution in [0.4, 0.5) is 0 Å². The van der Waals surface area contributed by atoms with E-state index in [1.165, 1.54) is 7.11 Å². The molecular weight excluding hydrogens is 404 g/mol. The van der Waals surface area contributed by atoms with Crippen molar-refractivity contribution >= 4 is 17.7 Å². The van der Waals surface area contributed by atoms with Crippen molar-refractivity contribution in [3.05, 3.63) is 57.9 Å². The van der Waals surface area contributed by atoms with Crippen LogP contribution in [-0.4, -0.2) is 46.8 Å². The molecule has 2 aromatic rings. The van der Waals surface area contributed by atoms with Crippen molar-refractivity contribution in [2.45, 2.75) is 67.5 Å². The van der Waals surface area contributed by atoms with Crippen molar-refractivity contribution in [3.63, 3.8) is 0 Å². The van der Waals surface area contributed by atoms with Gasteiger partial charge in [-0.2, -0.15) is 0 Å². The van der Waals surface area contributed by atoms with Crippen molar-refractivity contribution < 1.29 is 19.1 Å². The zero-order valence-corrected chi connectivity index (χ0v) is 20.6. The van der Waals surface area contributed by atoms with Gasteiger partial charge in [-0.15, -0.1) is 0 Å². The van der Waals surface area contributed by atoms with Crippen LogP contribution in [0.15, 0.2) is 24.3 Å². The Bertz CT molecular complexity index is 986. The van der Waals surface area contributed by atoms with Gasteiger partial charge in [-0.05, 0) is 64.7 Å². The molecular formula is C26H36N2O4. The fourth-order valence-corrected chi connectivity index (χ4v) is 4.09. The maximum Gasteiger partial charge on any atom is 0.354 e. The van der Waals surface area contributed by atoms with E-state index in [-0.39, 0.29) is 11.7 Å². The molecule has 1 atom stereocenters. The molecule has 0 aliphatic rings. The summed E-state index contributed by atoms with van der Waals surface area (Å²) in [7, 11) is 1.34. The molecule has 0 aliphatic heterocycles. The SMILES string of the molecule is CCn1c(C)c(C(=O)C(C)N(CCC(C)C)C(=O)c2ccc(C)cc2)c(C)c1C(=O)OC. The fraction of sp³-hybridized carbons (Fsp3) is 0.500. The fourth-order valence-electron chi connectivity index (χ4n) is 4.09. The maximum absolute atomic E-state index is 13.7. The summed E-state index contributed by atoms with van der Waals surface area (Å²) in [6.07, 6.45) is 0.788. The van der Waals surface area contributed by atoms with E-state index in [0.29, 0.717) is 47.1 Å². The number of methoxy groups -OCH3 is 1. The van der Waals surface area contributed by atoms with Gasteiger partial charge in [0, 0.05) is 29.9 Å². The van der Waals surface area contributed by atoms with Gasteiger partial charge in [0.05, 0.1) is 13.2 Å². The second kappa shape index (κ2) is 10.6. The molecule has 1 aromatic carbocycles. The molecule has 0 aliphatic carbocycles. The lowest BCUT2D eigenvalue weighted by atomic mass is 9.98. The normalized spacial score (nSPS) is 12.0. The van der Waals surface area contributed by atoms with E-state index in [4.69, 9.17) is 4.74 Å². The first-order valence-electron chi connectivity index (χ1n) is 11.2. The summed E-state index contributed by atoms with van der Waals surface area (Å²) in [6, 6.07) is 6.74. The number of aryl methyl sites for hydroxylation is 1. The number of benzene rings is 1. The molecule has 2 rings (SSSR count). The van der Waals surface area contributed by atoms with Crippen molar-refractivity contribution in [1.82, 2.24) is 9.47 Å². The first-order chi connectivity index (χ1) is 15.0. The third kappa shape index (κ3) is 5.12. The Morgan fingerprint density at radius 3 is 2.12 bits per heavy atom. The highest BCUT2D eigenvalue weighted by Gasteiger charge is 2.33. The minimum atomic E-state index is -0.668. The van der Waals surface area contributed by atoms with E-state index in [0.717, 1.165) is 12.0 Å². The van der Waals surface area contributed by atoms with Crippen molar-refractivity contribution in [2.24, 2.45) is 5.92 Å². The molecule has 0 saturated heterocycles. The Morgan fingerprint density at radius 2 is 1.62 bits per heavy atom. The topological polar surface area (TPSA) is 68.6 Å². The van der Waals surface area contributed by atoms with Crippen molar-refractivity contribution in [2.75, 3.05) is 13.7 Å². The first kappa shape index (κ1) is 25.4. The predicted octanol–water partition coefficient (Wildman–Crippen LogP) is 4.98. The summed E-state index contributed by atoms with van der Waals surface area (Å²) in [6.45, 7) is 14.5. The number of carbonyl (C=O) groups excluding carboxylic acids is 3. The number of carbonyl (C=O) groups is 3. The highest BCUT2D eigenvalue weighted by molar-refractivity contribution is 6.07. The summed E-state index contributed by atoms with van der Waals surface area (Å²) in [4.78, 5) is 41.1. The molecule has 174 valence electrons. The number of hydrogen-bond acceptors (Lipinski definition) is 4. The third-order valence-electron chi connectivity index (χ3n) is 6.06. The lowest BCUT2D eigenvalue weighted by molar-refractivity contribution is 0.0586. The molecule has 6 nitrogen and oxygen atoms in total. The Kier molecular flexibility index (Phi) is 8.42. The van der Waals surface area contributed by atoms with Gasteiger partial charge in [0.25, 0.3) is 5.91 Å². The van der Waals surface area contributed by atoms with E-state index < -0.39 is 12.0 Å². The summed E-state index contributed by atoms with van der Waals surface area (Å²) in [5, 5.41) is 0. The Labute approximate surface area is 191 Å². The Morgan fingerprint density at radius 1 is 1.03 bits per heavy atom. The number of ketones is 1. The van der Waals surface area contributed by atoms with Gasteiger partial charge in [0.1, 0.15) is 5.69 Å². The minimum absolute atomic E-state index is 0.162. The van der Waals surface area contributed by atoms with Gasteiger partial charge >= 0.3 is 5.97 Å². The van der Waals surface area contributed by atoms with Gasteiger partial charge in [-0.25, -0.2) is 4.79 Å². The van der Waals surface area contributed by atoms with Crippen molar-refractivity contribution in [1.29, 1.82) is 0 Å². The number of rotatable bonds is 9. The average molecular weight is 441 g/mol. The number of nitrogens with zero attached hydrogens (tertiary/aromatic N) is 2. The molecule has 1 heterocycles. The van der Waals surface area contributed by atoms with Crippen LogP contribution in [0.3, 0.4) is 0 Å². The number of esters is 1. The first-order valence-corrected chi connectivity index (χ1v) is 11.2. The molecule has 0 radical (unpaired) electrons. The third-order valence-corrected chi connectivity index (χ3v) is 6.06. The van der Waals surface area contributed by atoms with Crippen LogP contribution in [0, 0.1) is 26.7 Å². The van der Waals surface area contributed by atoms with Crippen LogP contribution < -0.4 is 0 Å². The monoisotopic (exact) mass is 440 g/mol. The quantitative estimate of drug-likeness (QED) is 0.407. The number of amides is 1. The largest absolute Gasteiger partial charge is 0.464 e. The zero-order valence-electron chi connectivity index (χ0n) is 20.6. The van der Waals surface area contributed by atoms with Gasteiger partial charge in [-0.1, -0.05) is 31.5 Å². The number of ether oxygens (including phenoxy) is 1. The number of Topliss-reactive ketones (excluding diaryl/α,β-unsaturated/α-hetero) is 1. The van der Waals surface area contributed by atoms with Crippen LogP contribution in [0.1, 0.15) is 82.1 Å². The summed E-state index contributed by atoms with van der Waals surface area (Å²) in [5.74, 6) is -0.403. The predicted molar refractivity (Wildman–Crippen MR) is 126 cm³/mol. The Hall–Kier alpha value is -2.89. The Balaban J connectivity index is 2.49. The maximum atomic E-state index is 13.7. The molecule has 0 saturated carbocycles. The smallest absolute Gasteiger partial charge is 0.354 e. The van der Waals surface area contributed by atoms with Crippen LogP contribution >= 0.6 is 0 Å². The molecule has 6 heteroatoms. The molecule has 32 heavy (non-hydrogen) atoms. The lowest BCUT2D eigenvalue weighted by Crippen LogP contribution is -2.44. The van der Waals surface area contributed by atoms with E-state index in [2.05, 4.69) is 13.8 Å². The summed E-state index contributed by atoms with van der Waals surface area (Å²) in [5.41, 5.74) is 3.83. The summed E-state index contributed by atoms with van der Waals surface area (Å²) < 4.78 is 6.76. The van der Waals surface area contributed by atoms with Crippen molar-refractivity contribution in [3.8, 4) is 0 Å². The molecule has 0 fully saturated rings. The second-order valence-corrected chi connectivity index (χ2v) is 8.76. The van der Waals surface area contributed by atoms with Crippen LogP contribution in [0.25, 0.3) is 0 Å². The zero-order chi connectivity index (χ0) is 24.2. The molecule has 1 amide bonds. The highest BCUT2D eigenvalue weighted by Crippen LogP contribution is 2.26. The molecule has 0 N–H and O–H groups in total. The van der Waals surface area contributed by atoms with Gasteiger partial charge < -0.3 is 14.2 Å². The van der Waals surface area contributed by atoms with Crippen LogP contribution in [0.5, 0.6) is 0 Å². The second-order valence-electron chi connectivity index (χ2n) is 8.76. The van der Waals surface area contributed by atoms with Gasteiger partial charge in [0.2, 0.25) is 0 Å². The molecule has 0 spiro atoms. The van der Waals surface area contributed by atoms with Crippen LogP contribution in [0.2, 0.25) is 0 Å². The van der Waals surface area contributed by atoms with E-state index in [9.17, 15) is 14.4 Å². The number of aromatic nitrogens is 1.